The number of rotatable bonds is 4. The van der Waals surface area contributed by atoms with E-state index in [0.29, 0.717) is 18.0 Å². The molecule has 0 amide bonds. The molecule has 0 saturated carbocycles. The largest absolute Gasteiger partial charge is 0.491 e. The monoisotopic (exact) mass is 313 g/mol. The summed E-state index contributed by atoms with van der Waals surface area (Å²) in [5, 5.41) is 0. The van der Waals surface area contributed by atoms with Gasteiger partial charge in [0.05, 0.1) is 12.4 Å². The van der Waals surface area contributed by atoms with E-state index in [-0.39, 0.29) is 11.9 Å². The molecule has 0 spiro atoms. The van der Waals surface area contributed by atoms with Crippen LogP contribution in [0.25, 0.3) is 11.2 Å². The molecule has 0 radical (unpaired) electrons. The first-order valence-electron chi connectivity index (χ1n) is 7.60. The average molecular weight is 313 g/mol. The number of nitrogens with zero attached hydrogens (tertiary/aromatic N) is 4. The number of benzene rings is 1. The van der Waals surface area contributed by atoms with E-state index in [1.54, 1.807) is 18.5 Å². The molecule has 7 heteroatoms. The van der Waals surface area contributed by atoms with Crippen molar-refractivity contribution in [3.63, 3.8) is 0 Å². The highest BCUT2D eigenvalue weighted by molar-refractivity contribution is 5.82. The summed E-state index contributed by atoms with van der Waals surface area (Å²) in [5.74, 6) is 1.10. The van der Waals surface area contributed by atoms with Crippen LogP contribution in [-0.2, 0) is 0 Å². The summed E-state index contributed by atoms with van der Waals surface area (Å²) in [5.41, 5.74) is 1.50. The molecular weight excluding hydrogens is 297 g/mol. The molecule has 1 saturated heterocycles. The number of anilines is 1. The number of nitrogens with one attached hydrogen (secondary N) is 1. The van der Waals surface area contributed by atoms with Crippen LogP contribution in [0.5, 0.6) is 5.75 Å². The average Bonchev–Trinajstić information content (AvgIpc) is 3.21. The summed E-state index contributed by atoms with van der Waals surface area (Å²) in [6.07, 6.45) is 5.23. The molecule has 1 aliphatic heterocycles. The number of fused-ring (bicyclic) bond motifs is 1. The van der Waals surface area contributed by atoms with Crippen LogP contribution in [0.2, 0.25) is 0 Å². The van der Waals surface area contributed by atoms with Crippen molar-refractivity contribution in [2.24, 2.45) is 0 Å². The van der Waals surface area contributed by atoms with Crippen LogP contribution in [-0.4, -0.2) is 39.1 Å². The van der Waals surface area contributed by atoms with Gasteiger partial charge in [0.1, 0.15) is 30.0 Å². The highest BCUT2D eigenvalue weighted by atomic mass is 19.1. The third-order valence-corrected chi connectivity index (χ3v) is 4.09. The maximum absolute atomic E-state index is 13.2. The first-order chi connectivity index (χ1) is 11.3. The molecule has 0 bridgehead atoms. The van der Waals surface area contributed by atoms with Crippen LogP contribution in [0.15, 0.2) is 36.9 Å². The number of imidazole rings is 1. The topological polar surface area (TPSA) is 66.9 Å². The summed E-state index contributed by atoms with van der Waals surface area (Å²) in [4.78, 5) is 18.0. The van der Waals surface area contributed by atoms with Crippen molar-refractivity contribution in [1.82, 2.24) is 19.9 Å². The van der Waals surface area contributed by atoms with E-state index >= 15 is 0 Å². The predicted octanol–water partition coefficient (Wildman–Crippen LogP) is 2.54. The lowest BCUT2D eigenvalue weighted by Crippen LogP contribution is -2.35. The van der Waals surface area contributed by atoms with Gasteiger partial charge < -0.3 is 14.6 Å². The first-order valence-corrected chi connectivity index (χ1v) is 7.60. The zero-order valence-electron chi connectivity index (χ0n) is 12.4. The number of aromatic nitrogens is 4. The van der Waals surface area contributed by atoms with Gasteiger partial charge in [0.2, 0.25) is 0 Å². The maximum atomic E-state index is 13.2. The molecule has 118 valence electrons. The van der Waals surface area contributed by atoms with Crippen molar-refractivity contribution in [2.45, 2.75) is 18.9 Å². The number of ether oxygens (including phenoxy) is 1. The fourth-order valence-electron chi connectivity index (χ4n) is 3.01. The van der Waals surface area contributed by atoms with Crippen LogP contribution in [0.4, 0.5) is 10.2 Å². The highest BCUT2D eigenvalue weighted by Crippen LogP contribution is 2.28. The van der Waals surface area contributed by atoms with Crippen LogP contribution < -0.4 is 9.64 Å². The smallest absolute Gasteiger partial charge is 0.182 e. The lowest BCUT2D eigenvalue weighted by molar-refractivity contribution is 0.287. The third-order valence-electron chi connectivity index (χ3n) is 4.09. The predicted molar refractivity (Wildman–Crippen MR) is 83.9 cm³/mol. The van der Waals surface area contributed by atoms with E-state index < -0.39 is 0 Å². The van der Waals surface area contributed by atoms with Crippen LogP contribution in [0, 0.1) is 5.82 Å². The van der Waals surface area contributed by atoms with Gasteiger partial charge >= 0.3 is 0 Å². The van der Waals surface area contributed by atoms with Gasteiger partial charge in [-0.05, 0) is 25.0 Å². The number of H-pyrrole nitrogens is 1. The number of aromatic amines is 1. The van der Waals surface area contributed by atoms with Crippen LogP contribution >= 0.6 is 0 Å². The van der Waals surface area contributed by atoms with Gasteiger partial charge in [-0.25, -0.2) is 19.3 Å². The molecule has 1 atom stereocenters. The second kappa shape index (κ2) is 5.83. The fraction of sp³-hybridized carbons (Fsp3) is 0.312. The van der Waals surface area contributed by atoms with Crippen molar-refractivity contribution in [2.75, 3.05) is 18.1 Å². The standard InChI is InChI=1S/C16H16FN5O/c17-11-3-1-5-13(7-11)23-8-12-4-2-6-22(12)16-14-15(19-9-18-14)20-10-21-16/h1,3,5,7,9-10,12H,2,4,6,8H2,(H,18,19,20,21)/t12-/m1/s1. The van der Waals surface area contributed by atoms with Crippen molar-refractivity contribution in [3.05, 3.63) is 42.7 Å². The molecular formula is C16H16FN5O. The summed E-state index contributed by atoms with van der Waals surface area (Å²) in [6, 6.07) is 6.41. The Bertz CT molecular complexity index is 821. The van der Waals surface area contributed by atoms with Crippen molar-refractivity contribution in [1.29, 1.82) is 0 Å². The molecule has 0 aliphatic carbocycles. The van der Waals surface area contributed by atoms with Gasteiger partial charge in [-0.15, -0.1) is 0 Å². The molecule has 1 aromatic carbocycles. The zero-order chi connectivity index (χ0) is 15.6. The lowest BCUT2D eigenvalue weighted by atomic mass is 10.2. The lowest BCUT2D eigenvalue weighted by Gasteiger charge is -2.25. The van der Waals surface area contributed by atoms with Gasteiger partial charge in [-0.2, -0.15) is 0 Å². The molecule has 1 aliphatic rings. The van der Waals surface area contributed by atoms with Gasteiger partial charge in [0.25, 0.3) is 0 Å². The Morgan fingerprint density at radius 2 is 2.26 bits per heavy atom. The Hall–Kier alpha value is -2.70. The van der Waals surface area contributed by atoms with Gasteiger partial charge in [-0.3, -0.25) is 0 Å². The first kappa shape index (κ1) is 13.9. The van der Waals surface area contributed by atoms with E-state index in [9.17, 15) is 4.39 Å². The minimum absolute atomic E-state index is 0.194. The summed E-state index contributed by atoms with van der Waals surface area (Å²) in [7, 11) is 0. The number of halogens is 1. The Kier molecular flexibility index (Phi) is 3.53. The molecule has 2 aromatic heterocycles. The Morgan fingerprint density at radius 1 is 1.30 bits per heavy atom. The Morgan fingerprint density at radius 3 is 3.17 bits per heavy atom. The maximum Gasteiger partial charge on any atom is 0.182 e. The quantitative estimate of drug-likeness (QED) is 0.802. The zero-order valence-corrected chi connectivity index (χ0v) is 12.4. The molecule has 0 unspecified atom stereocenters. The van der Waals surface area contributed by atoms with Gasteiger partial charge in [-0.1, -0.05) is 6.07 Å². The second-order valence-electron chi connectivity index (χ2n) is 5.56. The summed E-state index contributed by atoms with van der Waals surface area (Å²) >= 11 is 0. The van der Waals surface area contributed by atoms with Gasteiger partial charge in [0.15, 0.2) is 11.5 Å². The Balaban J connectivity index is 1.54. The minimum Gasteiger partial charge on any atom is -0.491 e. The van der Waals surface area contributed by atoms with Crippen LogP contribution in [0.1, 0.15) is 12.8 Å². The van der Waals surface area contributed by atoms with Crippen LogP contribution in [0.3, 0.4) is 0 Å². The number of hydrogen-bond acceptors (Lipinski definition) is 5. The van der Waals surface area contributed by atoms with E-state index in [1.807, 2.05) is 0 Å². The van der Waals surface area contributed by atoms with Gasteiger partial charge in [0, 0.05) is 12.6 Å². The molecule has 3 aromatic rings. The Labute approximate surface area is 132 Å². The third kappa shape index (κ3) is 2.69. The number of hydrogen-bond donors (Lipinski definition) is 1. The molecule has 23 heavy (non-hydrogen) atoms. The molecule has 4 rings (SSSR count). The minimum atomic E-state index is -0.291. The van der Waals surface area contributed by atoms with E-state index in [4.69, 9.17) is 4.74 Å². The van der Waals surface area contributed by atoms with Crippen molar-refractivity contribution < 1.29 is 9.13 Å². The highest BCUT2D eigenvalue weighted by Gasteiger charge is 2.28. The molecule has 1 fully saturated rings. The normalized spacial score (nSPS) is 17.8. The summed E-state index contributed by atoms with van der Waals surface area (Å²) in [6.45, 7) is 1.39. The molecule has 3 heterocycles. The second-order valence-corrected chi connectivity index (χ2v) is 5.56. The van der Waals surface area contributed by atoms with Crippen molar-refractivity contribution >= 4 is 17.0 Å². The van der Waals surface area contributed by atoms with E-state index in [0.717, 1.165) is 30.7 Å². The van der Waals surface area contributed by atoms with E-state index in [2.05, 4.69) is 24.8 Å². The van der Waals surface area contributed by atoms with Crippen molar-refractivity contribution in [3.8, 4) is 5.75 Å². The molecule has 1 N–H and O–H groups in total. The fourth-order valence-corrected chi connectivity index (χ4v) is 3.01. The summed E-state index contributed by atoms with van der Waals surface area (Å²) < 4.78 is 19.0. The SMILES string of the molecule is Fc1cccc(OC[C@H]2CCCN2c2ncnc3nc[nH]c23)c1. The van der Waals surface area contributed by atoms with E-state index in [1.165, 1.54) is 18.5 Å². The molecule has 6 nitrogen and oxygen atoms in total.